The fraction of sp³-hybridized carbons (Fsp3) is 0.417. The van der Waals surface area contributed by atoms with Gasteiger partial charge in [-0.2, -0.15) is 0 Å². The van der Waals surface area contributed by atoms with Crippen LogP contribution in [0.5, 0.6) is 0 Å². The first-order chi connectivity index (χ1) is 8.96. The molecule has 0 heterocycles. The minimum Gasteiger partial charge on any atom is -0.409 e. The Kier molecular flexibility index (Phi) is 4.06. The van der Waals surface area contributed by atoms with Gasteiger partial charge in [-0.05, 0) is 30.4 Å². The predicted molar refractivity (Wildman–Crippen MR) is 74.6 cm³/mol. The number of halogens is 3. The molecule has 0 saturated heterocycles. The van der Waals surface area contributed by atoms with Gasteiger partial charge in [0.15, 0.2) is 0 Å². The Balaban J connectivity index is 2.04. The molecule has 1 fully saturated rings. The summed E-state index contributed by atoms with van der Waals surface area (Å²) in [5.41, 5.74) is 6.00. The second-order valence-electron chi connectivity index (χ2n) is 4.87. The molecule has 0 atom stereocenters. The Bertz CT molecular complexity index is 495. The summed E-state index contributed by atoms with van der Waals surface area (Å²) in [4.78, 5) is 0. The fourth-order valence-electron chi connectivity index (χ4n) is 2.00. The van der Waals surface area contributed by atoms with Crippen LogP contribution in [0, 0.1) is 11.2 Å². The molecule has 0 spiro atoms. The molecule has 0 aromatic heterocycles. The number of anilines is 1. The van der Waals surface area contributed by atoms with Gasteiger partial charge >= 0.3 is 0 Å². The van der Waals surface area contributed by atoms with Crippen LogP contribution in [0.25, 0.3) is 0 Å². The molecule has 1 aliphatic rings. The Morgan fingerprint density at radius 1 is 1.42 bits per heavy atom. The standard InChI is InChI=1S/C12H14Cl2FN3O/c13-8-3-7(15)4-9(14)11(8)17-6-12(1-2-12)5-10(16)18-19/h3-4,17,19H,1-2,5-6H2,(H2,16,18). The number of nitrogens with two attached hydrogens (primary N) is 1. The highest BCUT2D eigenvalue weighted by molar-refractivity contribution is 6.39. The maximum absolute atomic E-state index is 13.1. The molecule has 1 aromatic rings. The maximum Gasteiger partial charge on any atom is 0.139 e. The smallest absolute Gasteiger partial charge is 0.139 e. The normalized spacial score (nSPS) is 17.3. The van der Waals surface area contributed by atoms with E-state index in [9.17, 15) is 4.39 Å². The number of benzene rings is 1. The monoisotopic (exact) mass is 305 g/mol. The second kappa shape index (κ2) is 5.43. The lowest BCUT2D eigenvalue weighted by molar-refractivity contribution is 0.315. The van der Waals surface area contributed by atoms with Crippen LogP contribution >= 0.6 is 23.2 Å². The van der Waals surface area contributed by atoms with Crippen molar-refractivity contribution < 1.29 is 9.60 Å². The molecule has 104 valence electrons. The predicted octanol–water partition coefficient (Wildman–Crippen LogP) is 3.46. The summed E-state index contributed by atoms with van der Waals surface area (Å²) in [6, 6.07) is 2.41. The van der Waals surface area contributed by atoms with E-state index in [1.165, 1.54) is 12.1 Å². The third kappa shape index (κ3) is 3.42. The molecule has 1 saturated carbocycles. The SMILES string of the molecule is NC(CC1(CNc2c(Cl)cc(F)cc2Cl)CC1)=NO. The topological polar surface area (TPSA) is 70.6 Å². The van der Waals surface area contributed by atoms with Crippen LogP contribution in [-0.2, 0) is 0 Å². The lowest BCUT2D eigenvalue weighted by Gasteiger charge is -2.17. The molecule has 2 rings (SSSR count). The highest BCUT2D eigenvalue weighted by Gasteiger charge is 2.43. The first-order valence-electron chi connectivity index (χ1n) is 5.81. The van der Waals surface area contributed by atoms with E-state index in [0.717, 1.165) is 12.8 Å². The van der Waals surface area contributed by atoms with E-state index in [1.54, 1.807) is 0 Å². The summed E-state index contributed by atoms with van der Waals surface area (Å²) >= 11 is 11.9. The number of nitrogens with one attached hydrogen (secondary N) is 1. The van der Waals surface area contributed by atoms with Gasteiger partial charge in [0.2, 0.25) is 0 Å². The molecule has 19 heavy (non-hydrogen) atoms. The molecule has 7 heteroatoms. The van der Waals surface area contributed by atoms with Crippen molar-refractivity contribution in [3.63, 3.8) is 0 Å². The number of rotatable bonds is 5. The van der Waals surface area contributed by atoms with Crippen LogP contribution in [0.2, 0.25) is 10.0 Å². The zero-order valence-electron chi connectivity index (χ0n) is 10.1. The van der Waals surface area contributed by atoms with Gasteiger partial charge in [-0.1, -0.05) is 28.4 Å². The largest absolute Gasteiger partial charge is 0.409 e. The first kappa shape index (κ1) is 14.2. The summed E-state index contributed by atoms with van der Waals surface area (Å²) < 4.78 is 13.1. The van der Waals surface area contributed by atoms with Crippen molar-refractivity contribution in [3.05, 3.63) is 28.0 Å². The molecule has 0 unspecified atom stereocenters. The first-order valence-corrected chi connectivity index (χ1v) is 6.56. The van der Waals surface area contributed by atoms with Gasteiger partial charge in [0.05, 0.1) is 15.7 Å². The highest BCUT2D eigenvalue weighted by Crippen LogP contribution is 2.49. The van der Waals surface area contributed by atoms with Gasteiger partial charge in [0.1, 0.15) is 11.7 Å². The molecule has 4 nitrogen and oxygen atoms in total. The maximum atomic E-state index is 13.1. The summed E-state index contributed by atoms with van der Waals surface area (Å²) in [5.74, 6) is -0.269. The highest BCUT2D eigenvalue weighted by atomic mass is 35.5. The zero-order valence-corrected chi connectivity index (χ0v) is 11.6. The van der Waals surface area contributed by atoms with Crippen LogP contribution in [-0.4, -0.2) is 17.6 Å². The van der Waals surface area contributed by atoms with Crippen LogP contribution in [0.15, 0.2) is 17.3 Å². The lowest BCUT2D eigenvalue weighted by Crippen LogP contribution is -2.23. The third-order valence-electron chi connectivity index (χ3n) is 3.29. The van der Waals surface area contributed by atoms with Gasteiger partial charge in [-0.25, -0.2) is 4.39 Å². The van der Waals surface area contributed by atoms with Crippen LogP contribution in [0.4, 0.5) is 10.1 Å². The molecule has 0 amide bonds. The quantitative estimate of drug-likeness (QED) is 0.338. The zero-order chi connectivity index (χ0) is 14.0. The number of hydrogen-bond donors (Lipinski definition) is 3. The summed E-state index contributed by atoms with van der Waals surface area (Å²) in [5, 5.41) is 15.2. The summed E-state index contributed by atoms with van der Waals surface area (Å²) in [7, 11) is 0. The van der Waals surface area contributed by atoms with Crippen LogP contribution in [0.1, 0.15) is 19.3 Å². The van der Waals surface area contributed by atoms with Crippen molar-refractivity contribution in [1.82, 2.24) is 0 Å². The van der Waals surface area contributed by atoms with E-state index in [1.807, 2.05) is 0 Å². The van der Waals surface area contributed by atoms with Gasteiger partial charge in [-0.15, -0.1) is 0 Å². The van der Waals surface area contributed by atoms with Crippen molar-refractivity contribution in [2.75, 3.05) is 11.9 Å². The van der Waals surface area contributed by atoms with Crippen molar-refractivity contribution >= 4 is 34.7 Å². The van der Waals surface area contributed by atoms with Crippen molar-refractivity contribution in [3.8, 4) is 0 Å². The average molecular weight is 306 g/mol. The van der Waals surface area contributed by atoms with E-state index in [2.05, 4.69) is 10.5 Å². The minimum atomic E-state index is -0.474. The molecule has 0 aliphatic heterocycles. The number of nitrogens with zero attached hydrogens (tertiary/aromatic N) is 1. The van der Waals surface area contributed by atoms with Crippen molar-refractivity contribution in [2.45, 2.75) is 19.3 Å². The lowest BCUT2D eigenvalue weighted by atomic mass is 10.0. The number of oxime groups is 1. The Morgan fingerprint density at radius 2 is 2.00 bits per heavy atom. The molecule has 1 aromatic carbocycles. The summed E-state index contributed by atoms with van der Waals surface area (Å²) in [6.45, 7) is 0.592. The van der Waals surface area contributed by atoms with E-state index >= 15 is 0 Å². The molecule has 0 bridgehead atoms. The van der Waals surface area contributed by atoms with E-state index in [-0.39, 0.29) is 21.3 Å². The van der Waals surface area contributed by atoms with E-state index in [0.29, 0.717) is 18.7 Å². The Labute approximate surface area is 120 Å². The molecular formula is C12H14Cl2FN3O. The summed E-state index contributed by atoms with van der Waals surface area (Å²) in [6.07, 6.45) is 2.46. The molecular weight excluding hydrogens is 292 g/mol. The Morgan fingerprint density at radius 3 is 2.47 bits per heavy atom. The van der Waals surface area contributed by atoms with E-state index in [4.69, 9.17) is 34.1 Å². The van der Waals surface area contributed by atoms with Crippen molar-refractivity contribution in [1.29, 1.82) is 0 Å². The number of amidine groups is 1. The van der Waals surface area contributed by atoms with Crippen LogP contribution < -0.4 is 11.1 Å². The van der Waals surface area contributed by atoms with E-state index < -0.39 is 5.82 Å². The van der Waals surface area contributed by atoms with Gasteiger partial charge in [0.25, 0.3) is 0 Å². The van der Waals surface area contributed by atoms with Crippen LogP contribution in [0.3, 0.4) is 0 Å². The van der Waals surface area contributed by atoms with Gasteiger partial charge in [0, 0.05) is 13.0 Å². The molecule has 4 N–H and O–H groups in total. The van der Waals surface area contributed by atoms with Gasteiger partial charge in [-0.3, -0.25) is 0 Å². The second-order valence-corrected chi connectivity index (χ2v) is 5.68. The van der Waals surface area contributed by atoms with Gasteiger partial charge < -0.3 is 16.3 Å². The molecule has 0 radical (unpaired) electrons. The molecule has 1 aliphatic carbocycles. The average Bonchev–Trinajstić information content (AvgIpc) is 3.07. The minimum absolute atomic E-state index is 0.0304. The van der Waals surface area contributed by atoms with Crippen molar-refractivity contribution in [2.24, 2.45) is 16.3 Å². The Hall–Kier alpha value is -1.20. The fourth-order valence-corrected chi connectivity index (χ4v) is 2.59. The third-order valence-corrected chi connectivity index (χ3v) is 3.88. The number of hydrogen-bond acceptors (Lipinski definition) is 3.